The van der Waals surface area contributed by atoms with Crippen LogP contribution >= 0.6 is 11.8 Å². The zero-order valence-corrected chi connectivity index (χ0v) is 14.2. The Kier molecular flexibility index (Phi) is 5.97. The third-order valence-corrected chi connectivity index (χ3v) is 5.64. The summed E-state index contributed by atoms with van der Waals surface area (Å²) in [5, 5.41) is 6.91. The molecule has 1 aromatic carbocycles. The van der Waals surface area contributed by atoms with Crippen molar-refractivity contribution in [1.82, 2.24) is 10.6 Å². The van der Waals surface area contributed by atoms with Crippen LogP contribution in [0.1, 0.15) is 37.8 Å². The highest BCUT2D eigenvalue weighted by Crippen LogP contribution is 2.36. The summed E-state index contributed by atoms with van der Waals surface area (Å²) in [6.07, 6.45) is 3.69. The third kappa shape index (κ3) is 4.67. The van der Waals surface area contributed by atoms with E-state index in [0.717, 1.165) is 25.5 Å². The second-order valence-electron chi connectivity index (χ2n) is 5.80. The maximum atomic E-state index is 4.34. The fourth-order valence-electron chi connectivity index (χ4n) is 2.72. The summed E-state index contributed by atoms with van der Waals surface area (Å²) in [6, 6.07) is 8.59. The molecule has 0 aliphatic carbocycles. The lowest BCUT2D eigenvalue weighted by molar-refractivity contribution is 0.584. The summed E-state index contributed by atoms with van der Waals surface area (Å²) in [7, 11) is 1.84. The van der Waals surface area contributed by atoms with E-state index in [1.54, 1.807) is 0 Å². The molecule has 0 aromatic heterocycles. The monoisotopic (exact) mass is 305 g/mol. The SMILES string of the molecule is CCc1ccccc1CNC(=NC)NCC1(C)CCCS1. The maximum absolute atomic E-state index is 4.34. The summed E-state index contributed by atoms with van der Waals surface area (Å²) >= 11 is 2.07. The first kappa shape index (κ1) is 16.2. The lowest BCUT2D eigenvalue weighted by Crippen LogP contribution is -2.43. The van der Waals surface area contributed by atoms with Crippen molar-refractivity contribution in [3.05, 3.63) is 35.4 Å². The van der Waals surface area contributed by atoms with Gasteiger partial charge in [0.25, 0.3) is 0 Å². The van der Waals surface area contributed by atoms with Crippen molar-refractivity contribution in [3.8, 4) is 0 Å². The van der Waals surface area contributed by atoms with Gasteiger partial charge in [-0.3, -0.25) is 4.99 Å². The highest BCUT2D eigenvalue weighted by Gasteiger charge is 2.29. The molecule has 2 rings (SSSR count). The molecular weight excluding hydrogens is 278 g/mol. The summed E-state index contributed by atoms with van der Waals surface area (Å²) in [5.74, 6) is 2.18. The zero-order chi connectivity index (χ0) is 15.1. The lowest BCUT2D eigenvalue weighted by Gasteiger charge is -2.24. The second-order valence-corrected chi connectivity index (χ2v) is 7.49. The van der Waals surface area contributed by atoms with Crippen LogP contribution in [0.25, 0.3) is 0 Å². The van der Waals surface area contributed by atoms with E-state index in [4.69, 9.17) is 0 Å². The molecule has 0 radical (unpaired) electrons. The number of aryl methyl sites for hydroxylation is 1. The van der Waals surface area contributed by atoms with Crippen molar-refractivity contribution < 1.29 is 0 Å². The molecule has 1 saturated heterocycles. The van der Waals surface area contributed by atoms with Gasteiger partial charge in [0.15, 0.2) is 5.96 Å². The molecule has 1 aromatic rings. The number of nitrogens with zero attached hydrogens (tertiary/aromatic N) is 1. The average molecular weight is 305 g/mol. The van der Waals surface area contributed by atoms with Crippen LogP contribution < -0.4 is 10.6 Å². The first-order valence-electron chi connectivity index (χ1n) is 7.82. The molecule has 1 aliphatic heterocycles. The third-order valence-electron chi connectivity index (χ3n) is 4.10. The smallest absolute Gasteiger partial charge is 0.191 e. The van der Waals surface area contributed by atoms with E-state index in [0.29, 0.717) is 4.75 Å². The molecule has 0 bridgehead atoms. The number of thioether (sulfide) groups is 1. The Hall–Kier alpha value is -1.16. The van der Waals surface area contributed by atoms with Gasteiger partial charge in [0, 0.05) is 24.9 Å². The Bertz CT molecular complexity index is 479. The van der Waals surface area contributed by atoms with Gasteiger partial charge >= 0.3 is 0 Å². The number of hydrogen-bond acceptors (Lipinski definition) is 2. The number of aliphatic imine (C=N–C) groups is 1. The van der Waals surface area contributed by atoms with Crippen LogP contribution in [0.4, 0.5) is 0 Å². The first-order chi connectivity index (χ1) is 10.2. The Labute approximate surface area is 133 Å². The predicted molar refractivity (Wildman–Crippen MR) is 94.1 cm³/mol. The molecule has 4 heteroatoms. The molecule has 2 N–H and O–H groups in total. The summed E-state index contributed by atoms with van der Waals surface area (Å²) in [4.78, 5) is 4.34. The van der Waals surface area contributed by atoms with Crippen LogP contribution in [0, 0.1) is 0 Å². The van der Waals surface area contributed by atoms with Crippen LogP contribution in [-0.4, -0.2) is 30.1 Å². The van der Waals surface area contributed by atoms with Crippen molar-refractivity contribution >= 4 is 17.7 Å². The van der Waals surface area contributed by atoms with E-state index in [-0.39, 0.29) is 0 Å². The molecular formula is C17H27N3S. The van der Waals surface area contributed by atoms with Gasteiger partial charge in [-0.15, -0.1) is 0 Å². The summed E-state index contributed by atoms with van der Waals surface area (Å²) in [5.41, 5.74) is 2.75. The number of nitrogens with one attached hydrogen (secondary N) is 2. The van der Waals surface area contributed by atoms with E-state index in [1.807, 2.05) is 7.05 Å². The van der Waals surface area contributed by atoms with Crippen molar-refractivity contribution in [1.29, 1.82) is 0 Å². The summed E-state index contributed by atoms with van der Waals surface area (Å²) in [6.45, 7) is 6.35. The highest BCUT2D eigenvalue weighted by molar-refractivity contribution is 8.00. The molecule has 1 fully saturated rings. The van der Waals surface area contributed by atoms with Gasteiger partial charge in [-0.2, -0.15) is 11.8 Å². The van der Waals surface area contributed by atoms with Gasteiger partial charge in [-0.05, 0) is 43.1 Å². The fourth-order valence-corrected chi connectivity index (χ4v) is 3.97. The van der Waals surface area contributed by atoms with Crippen molar-refractivity contribution in [2.75, 3.05) is 19.3 Å². The topological polar surface area (TPSA) is 36.4 Å². The number of guanidine groups is 1. The van der Waals surface area contributed by atoms with Crippen molar-refractivity contribution in [2.45, 2.75) is 44.4 Å². The molecule has 0 amide bonds. The second kappa shape index (κ2) is 7.74. The molecule has 1 unspecified atom stereocenters. The molecule has 1 atom stereocenters. The Morgan fingerprint density at radius 3 is 2.67 bits per heavy atom. The number of rotatable bonds is 5. The van der Waals surface area contributed by atoms with Gasteiger partial charge in [0.1, 0.15) is 0 Å². The highest BCUT2D eigenvalue weighted by atomic mass is 32.2. The van der Waals surface area contributed by atoms with Gasteiger partial charge in [-0.1, -0.05) is 31.2 Å². The fraction of sp³-hybridized carbons (Fsp3) is 0.588. The van der Waals surface area contributed by atoms with Gasteiger partial charge < -0.3 is 10.6 Å². The van der Waals surface area contributed by atoms with Crippen LogP contribution in [0.2, 0.25) is 0 Å². The molecule has 1 heterocycles. The van der Waals surface area contributed by atoms with E-state index < -0.39 is 0 Å². The minimum atomic E-state index is 0.360. The van der Waals surface area contributed by atoms with E-state index >= 15 is 0 Å². The minimum absolute atomic E-state index is 0.360. The molecule has 1 aliphatic rings. The molecule has 0 saturated carbocycles. The van der Waals surface area contributed by atoms with Gasteiger partial charge in [-0.25, -0.2) is 0 Å². The first-order valence-corrected chi connectivity index (χ1v) is 8.80. The predicted octanol–water partition coefficient (Wildman–Crippen LogP) is 3.20. The van der Waals surface area contributed by atoms with E-state index in [1.165, 1.54) is 29.7 Å². The van der Waals surface area contributed by atoms with Crippen molar-refractivity contribution in [2.24, 2.45) is 4.99 Å². The zero-order valence-electron chi connectivity index (χ0n) is 13.4. The van der Waals surface area contributed by atoms with Crippen LogP contribution in [-0.2, 0) is 13.0 Å². The Morgan fingerprint density at radius 2 is 2.05 bits per heavy atom. The van der Waals surface area contributed by atoms with Crippen LogP contribution in [0.5, 0.6) is 0 Å². The van der Waals surface area contributed by atoms with Crippen LogP contribution in [0.15, 0.2) is 29.3 Å². The molecule has 0 spiro atoms. The molecule has 21 heavy (non-hydrogen) atoms. The maximum Gasteiger partial charge on any atom is 0.191 e. The Morgan fingerprint density at radius 1 is 1.29 bits per heavy atom. The van der Waals surface area contributed by atoms with E-state index in [2.05, 4.69) is 65.5 Å². The average Bonchev–Trinajstić information content (AvgIpc) is 2.95. The normalized spacial score (nSPS) is 22.3. The minimum Gasteiger partial charge on any atom is -0.355 e. The summed E-state index contributed by atoms with van der Waals surface area (Å²) < 4.78 is 0.360. The molecule has 3 nitrogen and oxygen atoms in total. The van der Waals surface area contributed by atoms with Gasteiger partial charge in [0.05, 0.1) is 0 Å². The largest absolute Gasteiger partial charge is 0.355 e. The van der Waals surface area contributed by atoms with Crippen molar-refractivity contribution in [3.63, 3.8) is 0 Å². The van der Waals surface area contributed by atoms with Crippen LogP contribution in [0.3, 0.4) is 0 Å². The van der Waals surface area contributed by atoms with Gasteiger partial charge in [0.2, 0.25) is 0 Å². The number of hydrogen-bond donors (Lipinski definition) is 2. The lowest BCUT2D eigenvalue weighted by atomic mass is 10.1. The standard InChI is InChI=1S/C17H27N3S/c1-4-14-8-5-6-9-15(14)12-19-16(18-3)20-13-17(2)10-7-11-21-17/h5-6,8-9H,4,7,10-13H2,1-3H3,(H2,18,19,20). The molecule has 116 valence electrons. The Balaban J connectivity index is 1.85. The van der Waals surface area contributed by atoms with E-state index in [9.17, 15) is 0 Å². The quantitative estimate of drug-likeness (QED) is 0.648. The number of benzene rings is 1.